The van der Waals surface area contributed by atoms with Gasteiger partial charge in [-0.3, -0.25) is 10.1 Å². The summed E-state index contributed by atoms with van der Waals surface area (Å²) in [5, 5.41) is 31.4. The minimum Gasteiger partial charge on any atom is -0.595 e. The molecule has 1 aromatic carbocycles. The zero-order valence-electron chi connectivity index (χ0n) is 10.6. The molecule has 0 aliphatic carbocycles. The van der Waals surface area contributed by atoms with Gasteiger partial charge in [0.15, 0.2) is 5.69 Å². The number of anilines is 1. The smallest absolute Gasteiger partial charge is 0.261 e. The summed E-state index contributed by atoms with van der Waals surface area (Å²) in [6.07, 6.45) is 0. The van der Waals surface area contributed by atoms with Crippen molar-refractivity contribution in [2.75, 3.05) is 5.32 Å². The number of nitrogens with zero attached hydrogens (tertiary/aromatic N) is 4. The third kappa shape index (κ3) is 2.47. The number of nitrogens with one attached hydrogen (secondary N) is 2. The molecule has 3 N–H and O–H groups in total. The molecule has 20 heavy (non-hydrogen) atoms. The number of aryl methyl sites for hydroxylation is 1. The van der Waals surface area contributed by atoms with Crippen LogP contribution in [0.15, 0.2) is 12.1 Å². The first kappa shape index (κ1) is 14.0. The Kier molecular flexibility index (Phi) is 3.70. The van der Waals surface area contributed by atoms with Crippen LogP contribution in [0.4, 0.5) is 16.0 Å². The number of carbonyl (C=O) groups is 1. The number of quaternary nitrogens is 1. The van der Waals surface area contributed by atoms with E-state index in [2.05, 4.69) is 20.8 Å². The zero-order chi connectivity index (χ0) is 14.9. The highest BCUT2D eigenvalue weighted by Crippen LogP contribution is 2.20. The lowest BCUT2D eigenvalue weighted by Gasteiger charge is -2.16. The summed E-state index contributed by atoms with van der Waals surface area (Å²) in [6.45, 7) is 1.36. The third-order valence-corrected chi connectivity index (χ3v) is 2.72. The number of hydrogen-bond donors (Lipinski definition) is 3. The van der Waals surface area contributed by atoms with Crippen LogP contribution < -0.4 is 10.5 Å². The fourth-order valence-corrected chi connectivity index (χ4v) is 1.69. The second kappa shape index (κ2) is 5.28. The van der Waals surface area contributed by atoms with Crippen LogP contribution in [0.2, 0.25) is 0 Å². The van der Waals surface area contributed by atoms with E-state index in [1.54, 1.807) is 0 Å². The van der Waals surface area contributed by atoms with Gasteiger partial charge in [0, 0.05) is 18.7 Å². The van der Waals surface area contributed by atoms with E-state index in [1.165, 1.54) is 18.7 Å². The summed E-state index contributed by atoms with van der Waals surface area (Å²) >= 11 is 0. The second-order valence-corrected chi connectivity index (χ2v) is 3.98. The van der Waals surface area contributed by atoms with Gasteiger partial charge < -0.3 is 5.21 Å². The van der Waals surface area contributed by atoms with E-state index in [9.17, 15) is 14.4 Å². The van der Waals surface area contributed by atoms with Crippen LogP contribution in [-0.4, -0.2) is 31.3 Å². The first-order valence-corrected chi connectivity index (χ1v) is 5.48. The Morgan fingerprint density at radius 3 is 2.80 bits per heavy atom. The molecule has 1 unspecified atom stereocenters. The van der Waals surface area contributed by atoms with Crippen molar-refractivity contribution in [3.8, 4) is 0 Å². The molecule has 0 fully saturated rings. The van der Waals surface area contributed by atoms with Gasteiger partial charge in [-0.1, -0.05) is 5.10 Å². The van der Waals surface area contributed by atoms with Crippen LogP contribution in [-0.2, 0) is 7.05 Å². The molecule has 0 radical (unpaired) electrons. The largest absolute Gasteiger partial charge is 0.595 e. The summed E-state index contributed by atoms with van der Waals surface area (Å²) < 4.78 is 14.9. The Morgan fingerprint density at radius 1 is 1.55 bits per heavy atom. The van der Waals surface area contributed by atoms with Gasteiger partial charge >= 0.3 is 0 Å². The van der Waals surface area contributed by atoms with E-state index >= 15 is 0 Å². The highest BCUT2D eigenvalue weighted by atomic mass is 19.1. The highest BCUT2D eigenvalue weighted by Gasteiger charge is 2.21. The normalized spacial score (nSPS) is 12.2. The molecule has 1 heterocycles. The Bertz CT molecular complexity index is 656. The van der Waals surface area contributed by atoms with Crippen LogP contribution >= 0.6 is 0 Å². The van der Waals surface area contributed by atoms with E-state index in [-0.39, 0.29) is 22.8 Å². The number of aromatic nitrogens is 4. The van der Waals surface area contributed by atoms with E-state index < -0.39 is 17.0 Å². The fourth-order valence-electron chi connectivity index (χ4n) is 1.69. The molecule has 9 nitrogen and oxygen atoms in total. The molecular weight excluding hydrogens is 271 g/mol. The number of hydrogen-bond acceptors (Lipinski definition) is 6. The van der Waals surface area contributed by atoms with E-state index in [4.69, 9.17) is 5.21 Å². The van der Waals surface area contributed by atoms with Crippen molar-refractivity contribution in [2.24, 2.45) is 7.05 Å². The van der Waals surface area contributed by atoms with Gasteiger partial charge in [-0.15, -0.1) is 0 Å². The molecule has 0 saturated heterocycles. The van der Waals surface area contributed by atoms with Gasteiger partial charge in [-0.25, -0.2) is 14.3 Å². The molecule has 1 amide bonds. The predicted molar refractivity (Wildman–Crippen MR) is 63.7 cm³/mol. The van der Waals surface area contributed by atoms with Crippen molar-refractivity contribution < 1.29 is 19.6 Å². The molecule has 1 aromatic heterocycles. The maximum absolute atomic E-state index is 13.8. The van der Waals surface area contributed by atoms with Crippen molar-refractivity contribution in [1.29, 1.82) is 0 Å². The van der Waals surface area contributed by atoms with Crippen LogP contribution in [0.3, 0.4) is 0 Å². The number of tetrazole rings is 1. The third-order valence-electron chi connectivity index (χ3n) is 2.72. The van der Waals surface area contributed by atoms with Gasteiger partial charge in [-0.05, 0) is 23.4 Å². The zero-order valence-corrected chi connectivity index (χ0v) is 10.6. The standard InChI is InChI=1S/C10H11FN6O3/c1-5-7(17(19)20)4-3-6(11)8(5)9(18)12-10-13-14-15-16(10)2/h3-4,17,19H,1-2H3,(H,12,13,15,18). The van der Waals surface area contributed by atoms with Crippen molar-refractivity contribution in [3.63, 3.8) is 0 Å². The Labute approximate surface area is 112 Å². The molecule has 0 bridgehead atoms. The van der Waals surface area contributed by atoms with Crippen molar-refractivity contribution >= 4 is 17.5 Å². The molecule has 0 saturated carbocycles. The first-order valence-electron chi connectivity index (χ1n) is 5.48. The summed E-state index contributed by atoms with van der Waals surface area (Å²) in [7, 11) is 1.49. The molecule has 10 heteroatoms. The minimum atomic E-state index is -1.24. The number of carbonyl (C=O) groups excluding carboxylic acids is 1. The molecule has 1 atom stereocenters. The SMILES string of the molecule is Cc1c([NH+]([O-])O)ccc(F)c1C(=O)Nc1nnnn1C. The highest BCUT2D eigenvalue weighted by molar-refractivity contribution is 6.05. The lowest BCUT2D eigenvalue weighted by Crippen LogP contribution is -2.99. The minimum absolute atomic E-state index is 0.0227. The average molecular weight is 282 g/mol. The molecule has 2 aromatic rings. The van der Waals surface area contributed by atoms with Crippen molar-refractivity contribution in [2.45, 2.75) is 6.92 Å². The molecule has 0 spiro atoms. The van der Waals surface area contributed by atoms with Gasteiger partial charge in [0.05, 0.1) is 5.56 Å². The summed E-state index contributed by atoms with van der Waals surface area (Å²) in [5.41, 5.74) is -0.467. The van der Waals surface area contributed by atoms with Gasteiger partial charge in [0.2, 0.25) is 5.95 Å². The maximum atomic E-state index is 13.8. The van der Waals surface area contributed by atoms with Gasteiger partial charge in [0.25, 0.3) is 5.91 Å². The number of halogens is 1. The van der Waals surface area contributed by atoms with Crippen molar-refractivity contribution in [3.05, 3.63) is 34.3 Å². The quantitative estimate of drug-likeness (QED) is 0.641. The molecule has 2 rings (SSSR count). The topological polar surface area (TPSA) is 120 Å². The van der Waals surface area contributed by atoms with E-state index in [0.717, 1.165) is 12.1 Å². The van der Waals surface area contributed by atoms with Gasteiger partial charge in [0.1, 0.15) is 5.82 Å². The number of benzene rings is 1. The molecule has 0 aliphatic rings. The summed E-state index contributed by atoms with van der Waals surface area (Å²) in [5.74, 6) is -1.62. The molecular formula is C10H11FN6O3. The maximum Gasteiger partial charge on any atom is 0.261 e. The van der Waals surface area contributed by atoms with Crippen molar-refractivity contribution in [1.82, 2.24) is 20.2 Å². The average Bonchev–Trinajstić information content (AvgIpc) is 2.74. The molecule has 106 valence electrons. The Hall–Kier alpha value is -2.43. The van der Waals surface area contributed by atoms with Crippen LogP contribution in [0.5, 0.6) is 0 Å². The van der Waals surface area contributed by atoms with Crippen LogP contribution in [0, 0.1) is 17.9 Å². The Balaban J connectivity index is 2.39. The lowest BCUT2D eigenvalue weighted by atomic mass is 10.1. The van der Waals surface area contributed by atoms with Crippen LogP contribution in [0.25, 0.3) is 0 Å². The predicted octanol–water partition coefficient (Wildman–Crippen LogP) is -0.687. The number of amides is 1. The van der Waals surface area contributed by atoms with E-state index in [0.29, 0.717) is 0 Å². The summed E-state index contributed by atoms with van der Waals surface area (Å²) in [6, 6.07) is 2.04. The fraction of sp³-hybridized carbons (Fsp3) is 0.200. The van der Waals surface area contributed by atoms with E-state index in [1.807, 2.05) is 0 Å². The van der Waals surface area contributed by atoms with Crippen LogP contribution in [0.1, 0.15) is 15.9 Å². The second-order valence-electron chi connectivity index (χ2n) is 3.98. The monoisotopic (exact) mass is 282 g/mol. The van der Waals surface area contributed by atoms with Gasteiger partial charge in [-0.2, -0.15) is 5.23 Å². The first-order chi connectivity index (χ1) is 9.41. The lowest BCUT2D eigenvalue weighted by molar-refractivity contribution is -0.991. The number of rotatable bonds is 3. The molecule has 0 aliphatic heterocycles. The Morgan fingerprint density at radius 2 is 2.25 bits per heavy atom. The summed E-state index contributed by atoms with van der Waals surface area (Å²) in [4.78, 5) is 12.0.